The molecule has 0 spiro atoms. The lowest BCUT2D eigenvalue weighted by Gasteiger charge is -2.14. The van der Waals surface area contributed by atoms with Crippen LogP contribution in [0.1, 0.15) is 45.4 Å². The number of unbranched alkanes of at least 4 members (excludes halogenated alkanes) is 2. The van der Waals surface area contributed by atoms with E-state index >= 15 is 0 Å². The Labute approximate surface area is 163 Å². The molecule has 0 radical (unpaired) electrons. The Kier molecular flexibility index (Phi) is 18.7. The van der Waals surface area contributed by atoms with Gasteiger partial charge < -0.3 is 29.6 Å². The summed E-state index contributed by atoms with van der Waals surface area (Å²) in [6.45, 7) is 5.28. The summed E-state index contributed by atoms with van der Waals surface area (Å²) >= 11 is 0. The summed E-state index contributed by atoms with van der Waals surface area (Å²) in [5.41, 5.74) is 0. The van der Waals surface area contributed by atoms with Gasteiger partial charge in [-0.2, -0.15) is 0 Å². The van der Waals surface area contributed by atoms with Crippen molar-refractivity contribution >= 4 is 11.8 Å². The minimum absolute atomic E-state index is 0.00218. The van der Waals surface area contributed by atoms with Crippen LogP contribution in [0.2, 0.25) is 0 Å². The molecule has 8 heteroatoms. The fraction of sp³-hybridized carbons (Fsp3) is 0.895. The van der Waals surface area contributed by atoms with E-state index in [2.05, 4.69) is 17.6 Å². The number of nitrogens with one attached hydrogen (secondary N) is 2. The average Bonchev–Trinajstić information content (AvgIpc) is 2.66. The van der Waals surface area contributed by atoms with Crippen molar-refractivity contribution in [2.45, 2.75) is 51.6 Å². The third kappa shape index (κ3) is 17.9. The predicted octanol–water partition coefficient (Wildman–Crippen LogP) is 1.27. The number of methoxy groups -OCH3 is 2. The summed E-state index contributed by atoms with van der Waals surface area (Å²) in [5.74, 6) is -0.0785. The maximum Gasteiger partial charge on any atom is 0.246 e. The first-order valence-electron chi connectivity index (χ1n) is 9.84. The van der Waals surface area contributed by atoms with Gasteiger partial charge in [0.2, 0.25) is 11.8 Å². The number of amides is 2. The Morgan fingerprint density at radius 3 is 2.26 bits per heavy atom. The molecule has 0 saturated heterocycles. The van der Waals surface area contributed by atoms with Crippen molar-refractivity contribution in [2.75, 3.05) is 60.3 Å². The van der Waals surface area contributed by atoms with E-state index < -0.39 is 0 Å². The summed E-state index contributed by atoms with van der Waals surface area (Å²) in [4.78, 5) is 23.2. The van der Waals surface area contributed by atoms with Crippen molar-refractivity contribution < 1.29 is 28.5 Å². The first-order valence-corrected chi connectivity index (χ1v) is 9.84. The van der Waals surface area contributed by atoms with E-state index in [0.29, 0.717) is 45.8 Å². The molecule has 0 saturated carbocycles. The van der Waals surface area contributed by atoms with Gasteiger partial charge in [-0.15, -0.1) is 0 Å². The van der Waals surface area contributed by atoms with Crippen molar-refractivity contribution in [2.24, 2.45) is 0 Å². The standard InChI is InChI=1S/C19H38N2O6/c1-4-5-6-10-20-18(22)9-7-12-26-13-8-11-21-19(23)16-27-15-17(25-3)14-24-2/h17H,4-16H2,1-3H3,(H,20,22)(H,21,23). The van der Waals surface area contributed by atoms with Crippen LogP contribution in [0, 0.1) is 0 Å². The van der Waals surface area contributed by atoms with Crippen LogP contribution in [0.4, 0.5) is 0 Å². The number of carbonyl (C=O) groups is 2. The highest BCUT2D eigenvalue weighted by atomic mass is 16.5. The largest absolute Gasteiger partial charge is 0.382 e. The summed E-state index contributed by atoms with van der Waals surface area (Å²) < 4.78 is 20.9. The van der Waals surface area contributed by atoms with Gasteiger partial charge in [-0.25, -0.2) is 0 Å². The fourth-order valence-corrected chi connectivity index (χ4v) is 2.23. The van der Waals surface area contributed by atoms with Crippen LogP contribution in [0.15, 0.2) is 0 Å². The number of hydrogen-bond acceptors (Lipinski definition) is 6. The molecule has 0 heterocycles. The fourth-order valence-electron chi connectivity index (χ4n) is 2.23. The lowest BCUT2D eigenvalue weighted by atomic mass is 10.2. The molecule has 0 aromatic carbocycles. The molecule has 0 aliphatic rings. The van der Waals surface area contributed by atoms with Gasteiger partial charge in [0, 0.05) is 46.9 Å². The van der Waals surface area contributed by atoms with Crippen molar-refractivity contribution in [1.29, 1.82) is 0 Å². The highest BCUT2D eigenvalue weighted by Crippen LogP contribution is 1.95. The lowest BCUT2D eigenvalue weighted by Crippen LogP contribution is -2.31. The first-order chi connectivity index (χ1) is 13.1. The molecule has 0 aromatic rings. The highest BCUT2D eigenvalue weighted by molar-refractivity contribution is 5.77. The lowest BCUT2D eigenvalue weighted by molar-refractivity contribution is -0.127. The van der Waals surface area contributed by atoms with Gasteiger partial charge in [-0.3, -0.25) is 9.59 Å². The third-order valence-corrected chi connectivity index (χ3v) is 3.81. The molecule has 2 amide bonds. The van der Waals surface area contributed by atoms with Crippen LogP contribution in [-0.4, -0.2) is 78.3 Å². The molecular formula is C19H38N2O6. The second kappa shape index (κ2) is 19.5. The topological polar surface area (TPSA) is 95.1 Å². The van der Waals surface area contributed by atoms with Gasteiger partial charge in [-0.05, 0) is 19.3 Å². The second-order valence-electron chi connectivity index (χ2n) is 6.30. The minimum Gasteiger partial charge on any atom is -0.382 e. The van der Waals surface area contributed by atoms with Crippen LogP contribution in [0.25, 0.3) is 0 Å². The molecule has 1 unspecified atom stereocenters. The molecule has 27 heavy (non-hydrogen) atoms. The Bertz CT molecular complexity index is 368. The molecule has 0 aliphatic carbocycles. The molecular weight excluding hydrogens is 352 g/mol. The number of ether oxygens (including phenoxy) is 4. The van der Waals surface area contributed by atoms with Gasteiger partial charge >= 0.3 is 0 Å². The monoisotopic (exact) mass is 390 g/mol. The molecule has 160 valence electrons. The Morgan fingerprint density at radius 2 is 1.56 bits per heavy atom. The molecule has 0 bridgehead atoms. The van der Waals surface area contributed by atoms with Gasteiger partial charge in [0.05, 0.1) is 13.2 Å². The van der Waals surface area contributed by atoms with Crippen LogP contribution < -0.4 is 10.6 Å². The van der Waals surface area contributed by atoms with Crippen molar-refractivity contribution in [1.82, 2.24) is 10.6 Å². The molecule has 8 nitrogen and oxygen atoms in total. The second-order valence-corrected chi connectivity index (χ2v) is 6.30. The van der Waals surface area contributed by atoms with Crippen LogP contribution >= 0.6 is 0 Å². The summed E-state index contributed by atoms with van der Waals surface area (Å²) in [6.07, 6.45) is 5.09. The van der Waals surface area contributed by atoms with E-state index in [4.69, 9.17) is 18.9 Å². The molecule has 0 fully saturated rings. The summed E-state index contributed by atoms with van der Waals surface area (Å²) in [7, 11) is 3.16. The van der Waals surface area contributed by atoms with Gasteiger partial charge in [0.1, 0.15) is 12.7 Å². The number of rotatable bonds is 19. The Balaban J connectivity index is 3.38. The average molecular weight is 391 g/mol. The summed E-state index contributed by atoms with van der Waals surface area (Å²) in [6, 6.07) is 0. The van der Waals surface area contributed by atoms with E-state index in [1.165, 1.54) is 0 Å². The van der Waals surface area contributed by atoms with Crippen LogP contribution in [0.5, 0.6) is 0 Å². The predicted molar refractivity (Wildman–Crippen MR) is 104 cm³/mol. The molecule has 0 aromatic heterocycles. The van der Waals surface area contributed by atoms with E-state index in [-0.39, 0.29) is 24.5 Å². The van der Waals surface area contributed by atoms with Gasteiger partial charge in [-0.1, -0.05) is 19.8 Å². The van der Waals surface area contributed by atoms with Crippen LogP contribution in [-0.2, 0) is 28.5 Å². The van der Waals surface area contributed by atoms with Gasteiger partial charge in [0.25, 0.3) is 0 Å². The number of hydrogen-bond donors (Lipinski definition) is 2. The summed E-state index contributed by atoms with van der Waals surface area (Å²) in [5, 5.41) is 5.68. The molecule has 1 atom stereocenters. The van der Waals surface area contributed by atoms with Crippen molar-refractivity contribution in [3.63, 3.8) is 0 Å². The van der Waals surface area contributed by atoms with Crippen molar-refractivity contribution in [3.8, 4) is 0 Å². The van der Waals surface area contributed by atoms with Gasteiger partial charge in [0.15, 0.2) is 0 Å². The maximum atomic E-state index is 11.6. The van der Waals surface area contributed by atoms with Crippen molar-refractivity contribution in [3.05, 3.63) is 0 Å². The normalized spacial score (nSPS) is 12.0. The minimum atomic E-state index is -0.172. The van der Waals surface area contributed by atoms with E-state index in [0.717, 1.165) is 32.2 Å². The van der Waals surface area contributed by atoms with Crippen LogP contribution in [0.3, 0.4) is 0 Å². The zero-order chi connectivity index (χ0) is 20.2. The van der Waals surface area contributed by atoms with E-state index in [1.54, 1.807) is 14.2 Å². The smallest absolute Gasteiger partial charge is 0.246 e. The first kappa shape index (κ1) is 25.8. The highest BCUT2D eigenvalue weighted by Gasteiger charge is 2.08. The maximum absolute atomic E-state index is 11.6. The zero-order valence-electron chi connectivity index (χ0n) is 17.2. The SMILES string of the molecule is CCCCCNC(=O)CCCOCCCNC(=O)COCC(COC)OC. The molecule has 2 N–H and O–H groups in total. The molecule has 0 rings (SSSR count). The Morgan fingerprint density at radius 1 is 0.852 bits per heavy atom. The van der Waals surface area contributed by atoms with E-state index in [1.807, 2.05) is 0 Å². The van der Waals surface area contributed by atoms with E-state index in [9.17, 15) is 9.59 Å². The Hall–Kier alpha value is -1.22. The quantitative estimate of drug-likeness (QED) is 0.323. The third-order valence-electron chi connectivity index (χ3n) is 3.81. The number of carbonyl (C=O) groups excluding carboxylic acids is 2. The molecule has 0 aliphatic heterocycles. The zero-order valence-corrected chi connectivity index (χ0v) is 17.2.